The summed E-state index contributed by atoms with van der Waals surface area (Å²) in [6.45, 7) is 8.40. The van der Waals surface area contributed by atoms with Gasteiger partial charge in [0.1, 0.15) is 0 Å². The summed E-state index contributed by atoms with van der Waals surface area (Å²) >= 11 is 0. The molecule has 0 spiro atoms. The normalized spacial score (nSPS) is 37.8. The van der Waals surface area contributed by atoms with Crippen LogP contribution in [0.25, 0.3) is 0 Å². The summed E-state index contributed by atoms with van der Waals surface area (Å²) in [7, 11) is 0. The van der Waals surface area contributed by atoms with Crippen LogP contribution in [-0.4, -0.2) is 46.2 Å². The molecule has 2 rings (SSSR count). The van der Waals surface area contributed by atoms with Crippen molar-refractivity contribution in [3.05, 3.63) is 0 Å². The number of carboxylic acids is 1. The molecule has 0 radical (unpaired) electrons. The Morgan fingerprint density at radius 1 is 1.40 bits per heavy atom. The number of aliphatic carboxylic acids is 1. The van der Waals surface area contributed by atoms with Crippen LogP contribution >= 0.6 is 0 Å². The van der Waals surface area contributed by atoms with Gasteiger partial charge in [0.25, 0.3) is 0 Å². The van der Waals surface area contributed by atoms with Crippen molar-refractivity contribution in [1.29, 1.82) is 0 Å². The molecule has 2 aliphatic heterocycles. The average molecular weight is 283 g/mol. The summed E-state index contributed by atoms with van der Waals surface area (Å²) in [6, 6.07) is -0.154. The highest BCUT2D eigenvalue weighted by molar-refractivity contribution is 5.82. The molecule has 0 aliphatic carbocycles. The van der Waals surface area contributed by atoms with Gasteiger partial charge >= 0.3 is 5.97 Å². The second-order valence-corrected chi connectivity index (χ2v) is 6.84. The predicted octanol–water partition coefficient (Wildman–Crippen LogP) is 1.90. The first-order valence-corrected chi connectivity index (χ1v) is 7.41. The molecule has 5 nitrogen and oxygen atoms in total. The number of nitrogens with zero attached hydrogens (tertiary/aromatic N) is 1. The van der Waals surface area contributed by atoms with Gasteiger partial charge in [-0.25, -0.2) is 0 Å². The average Bonchev–Trinajstić information content (AvgIpc) is 2.25. The maximum absolute atomic E-state index is 12.4. The molecule has 5 heteroatoms. The zero-order valence-corrected chi connectivity index (χ0v) is 12.8. The predicted molar refractivity (Wildman–Crippen MR) is 74.3 cm³/mol. The van der Waals surface area contributed by atoms with Crippen LogP contribution in [0.1, 0.15) is 47.0 Å². The molecule has 1 amide bonds. The highest BCUT2D eigenvalue weighted by Crippen LogP contribution is 2.36. The number of hydrogen-bond donors (Lipinski definition) is 1. The minimum Gasteiger partial charge on any atom is -0.481 e. The van der Waals surface area contributed by atoms with Crippen LogP contribution in [0.4, 0.5) is 0 Å². The maximum atomic E-state index is 12.4. The topological polar surface area (TPSA) is 66.8 Å². The summed E-state index contributed by atoms with van der Waals surface area (Å²) < 4.78 is 5.70. The molecular weight excluding hydrogens is 258 g/mol. The first-order valence-electron chi connectivity index (χ1n) is 7.41. The number of carboxylic acid groups (broad SMARTS) is 1. The Morgan fingerprint density at radius 2 is 2.05 bits per heavy atom. The standard InChI is InChI=1S/C15H25NO4/c1-9-7-12(17)16(10(2)13(9)14(18)19)11-5-6-20-15(3,4)8-11/h9-11,13H,5-8H2,1-4H3,(H,18,19). The molecule has 114 valence electrons. The Hall–Kier alpha value is -1.10. The fourth-order valence-electron chi connectivity index (χ4n) is 3.81. The van der Waals surface area contributed by atoms with Gasteiger partial charge in [0.15, 0.2) is 0 Å². The van der Waals surface area contributed by atoms with E-state index in [0.717, 1.165) is 12.8 Å². The van der Waals surface area contributed by atoms with Crippen LogP contribution < -0.4 is 0 Å². The van der Waals surface area contributed by atoms with E-state index in [1.165, 1.54) is 0 Å². The van der Waals surface area contributed by atoms with E-state index in [9.17, 15) is 14.7 Å². The first kappa shape index (κ1) is 15.3. The molecule has 0 aromatic carbocycles. The number of carbonyl (C=O) groups excluding carboxylic acids is 1. The van der Waals surface area contributed by atoms with Crippen molar-refractivity contribution in [3.8, 4) is 0 Å². The Bertz CT molecular complexity index is 407. The van der Waals surface area contributed by atoms with E-state index in [1.54, 1.807) is 0 Å². The van der Waals surface area contributed by atoms with E-state index in [1.807, 2.05) is 32.6 Å². The van der Waals surface area contributed by atoms with Crippen molar-refractivity contribution < 1.29 is 19.4 Å². The zero-order valence-electron chi connectivity index (χ0n) is 12.8. The molecule has 20 heavy (non-hydrogen) atoms. The molecule has 2 fully saturated rings. The fraction of sp³-hybridized carbons (Fsp3) is 0.867. The van der Waals surface area contributed by atoms with Crippen LogP contribution in [0, 0.1) is 11.8 Å². The summed E-state index contributed by atoms with van der Waals surface area (Å²) in [5.41, 5.74) is -0.245. The lowest BCUT2D eigenvalue weighted by molar-refractivity contribution is -0.162. The van der Waals surface area contributed by atoms with Crippen LogP contribution in [-0.2, 0) is 14.3 Å². The zero-order chi connectivity index (χ0) is 15.1. The summed E-state index contributed by atoms with van der Waals surface area (Å²) in [4.78, 5) is 25.7. The van der Waals surface area contributed by atoms with Gasteiger partial charge in [-0.1, -0.05) is 6.92 Å². The molecule has 2 aliphatic rings. The highest BCUT2D eigenvalue weighted by Gasteiger charge is 2.46. The van der Waals surface area contributed by atoms with Gasteiger partial charge in [0, 0.05) is 25.1 Å². The van der Waals surface area contributed by atoms with Crippen molar-refractivity contribution >= 4 is 11.9 Å². The van der Waals surface area contributed by atoms with E-state index in [2.05, 4.69) is 0 Å². The van der Waals surface area contributed by atoms with Gasteiger partial charge in [-0.3, -0.25) is 9.59 Å². The number of ether oxygens (including phenoxy) is 1. The third-order valence-electron chi connectivity index (χ3n) is 4.71. The molecule has 0 bridgehead atoms. The number of hydrogen-bond acceptors (Lipinski definition) is 3. The Kier molecular flexibility index (Phi) is 4.09. The smallest absolute Gasteiger partial charge is 0.308 e. The Labute approximate surface area is 120 Å². The third-order valence-corrected chi connectivity index (χ3v) is 4.71. The summed E-state index contributed by atoms with van der Waals surface area (Å²) in [6.07, 6.45) is 1.89. The molecule has 2 heterocycles. The van der Waals surface area contributed by atoms with Crippen molar-refractivity contribution in [2.24, 2.45) is 11.8 Å². The summed E-state index contributed by atoms with van der Waals surface area (Å²) in [5, 5.41) is 9.42. The number of piperidine rings is 1. The van der Waals surface area contributed by atoms with E-state index >= 15 is 0 Å². The maximum Gasteiger partial charge on any atom is 0.308 e. The van der Waals surface area contributed by atoms with E-state index in [0.29, 0.717) is 13.0 Å². The van der Waals surface area contributed by atoms with Crippen molar-refractivity contribution in [2.45, 2.75) is 64.6 Å². The molecule has 0 aromatic rings. The molecule has 4 unspecified atom stereocenters. The minimum absolute atomic E-state index is 0.0881. The first-order chi connectivity index (χ1) is 9.23. The van der Waals surface area contributed by atoms with Gasteiger partial charge < -0.3 is 14.7 Å². The van der Waals surface area contributed by atoms with E-state index in [4.69, 9.17) is 4.74 Å². The number of amides is 1. The Morgan fingerprint density at radius 3 is 2.60 bits per heavy atom. The largest absolute Gasteiger partial charge is 0.481 e. The molecule has 0 aromatic heterocycles. The molecular formula is C15H25NO4. The monoisotopic (exact) mass is 283 g/mol. The van der Waals surface area contributed by atoms with E-state index < -0.39 is 11.9 Å². The van der Waals surface area contributed by atoms with Crippen LogP contribution in [0.3, 0.4) is 0 Å². The van der Waals surface area contributed by atoms with Gasteiger partial charge in [0.2, 0.25) is 5.91 Å². The second-order valence-electron chi connectivity index (χ2n) is 6.84. The van der Waals surface area contributed by atoms with Crippen LogP contribution in [0.5, 0.6) is 0 Å². The lowest BCUT2D eigenvalue weighted by Gasteiger charge is -2.48. The SMILES string of the molecule is CC1CC(=O)N(C2CCOC(C)(C)C2)C(C)C1C(=O)O. The molecule has 4 atom stereocenters. The Balaban J connectivity index is 2.21. The molecule has 1 N–H and O–H groups in total. The summed E-state index contributed by atoms with van der Waals surface area (Å²) in [5.74, 6) is -1.28. The highest BCUT2D eigenvalue weighted by atomic mass is 16.5. The van der Waals surface area contributed by atoms with Gasteiger partial charge in [-0.2, -0.15) is 0 Å². The number of carbonyl (C=O) groups is 2. The number of likely N-dealkylation sites (tertiary alicyclic amines) is 1. The van der Waals surface area contributed by atoms with Gasteiger partial charge in [-0.05, 0) is 39.5 Å². The minimum atomic E-state index is -0.797. The second kappa shape index (κ2) is 5.35. The number of rotatable bonds is 2. The van der Waals surface area contributed by atoms with Gasteiger partial charge in [0.05, 0.1) is 11.5 Å². The van der Waals surface area contributed by atoms with E-state index in [-0.39, 0.29) is 29.5 Å². The van der Waals surface area contributed by atoms with Crippen molar-refractivity contribution in [3.63, 3.8) is 0 Å². The van der Waals surface area contributed by atoms with Crippen LogP contribution in [0.15, 0.2) is 0 Å². The molecule has 0 saturated carbocycles. The quantitative estimate of drug-likeness (QED) is 0.840. The lowest BCUT2D eigenvalue weighted by Crippen LogP contribution is -2.59. The van der Waals surface area contributed by atoms with Crippen LogP contribution in [0.2, 0.25) is 0 Å². The lowest BCUT2D eigenvalue weighted by atomic mass is 9.79. The van der Waals surface area contributed by atoms with Crippen molar-refractivity contribution in [2.75, 3.05) is 6.61 Å². The van der Waals surface area contributed by atoms with Gasteiger partial charge in [-0.15, -0.1) is 0 Å². The van der Waals surface area contributed by atoms with Crippen molar-refractivity contribution in [1.82, 2.24) is 4.90 Å². The molecule has 2 saturated heterocycles. The third kappa shape index (κ3) is 2.82. The fourth-order valence-corrected chi connectivity index (χ4v) is 3.81.